The first-order valence-corrected chi connectivity index (χ1v) is 6.86. The van der Waals surface area contributed by atoms with E-state index in [9.17, 15) is 0 Å². The fraction of sp³-hybridized carbons (Fsp3) is 1.00. The van der Waals surface area contributed by atoms with Crippen molar-refractivity contribution in [1.29, 1.82) is 0 Å². The lowest BCUT2D eigenvalue weighted by Gasteiger charge is -2.42. The number of nitrogens with zero attached hydrogens (tertiary/aromatic N) is 2. The Labute approximate surface area is 105 Å². The largest absolute Gasteiger partial charge is 0.382 e. The first kappa shape index (κ1) is 13.3. The van der Waals surface area contributed by atoms with Crippen LogP contribution in [0.2, 0.25) is 0 Å². The van der Waals surface area contributed by atoms with Gasteiger partial charge in [-0.25, -0.2) is 0 Å². The van der Waals surface area contributed by atoms with Crippen LogP contribution in [0.15, 0.2) is 0 Å². The molecular weight excluding hydrogens is 216 g/mol. The van der Waals surface area contributed by atoms with Crippen molar-refractivity contribution < 1.29 is 9.47 Å². The lowest BCUT2D eigenvalue weighted by atomic mass is 10.1. The average molecular weight is 242 g/mol. The molecule has 2 saturated heterocycles. The second-order valence-electron chi connectivity index (χ2n) is 5.24. The monoisotopic (exact) mass is 242 g/mol. The maximum Gasteiger partial charge on any atom is 0.0700 e. The molecule has 2 atom stereocenters. The number of piperazine rings is 1. The van der Waals surface area contributed by atoms with E-state index in [1.807, 2.05) is 0 Å². The van der Waals surface area contributed by atoms with Crippen LogP contribution in [0, 0.1) is 0 Å². The van der Waals surface area contributed by atoms with Gasteiger partial charge in [-0.1, -0.05) is 0 Å². The SMILES string of the molecule is COCCOCCN1CC2CCCN2CC1C. The molecule has 0 aromatic heterocycles. The van der Waals surface area contributed by atoms with Crippen molar-refractivity contribution in [2.45, 2.75) is 31.8 Å². The molecule has 0 bridgehead atoms. The highest BCUT2D eigenvalue weighted by atomic mass is 16.5. The number of rotatable bonds is 6. The number of hydrogen-bond donors (Lipinski definition) is 0. The molecule has 0 aromatic carbocycles. The fourth-order valence-corrected chi connectivity index (χ4v) is 2.99. The quantitative estimate of drug-likeness (QED) is 0.644. The average Bonchev–Trinajstić information content (AvgIpc) is 2.76. The van der Waals surface area contributed by atoms with E-state index >= 15 is 0 Å². The van der Waals surface area contributed by atoms with Gasteiger partial charge in [0.1, 0.15) is 0 Å². The minimum atomic E-state index is 0.676. The molecule has 4 heteroatoms. The van der Waals surface area contributed by atoms with E-state index in [2.05, 4.69) is 16.7 Å². The van der Waals surface area contributed by atoms with Crippen molar-refractivity contribution in [3.05, 3.63) is 0 Å². The summed E-state index contributed by atoms with van der Waals surface area (Å²) in [7, 11) is 1.71. The molecule has 100 valence electrons. The van der Waals surface area contributed by atoms with Gasteiger partial charge in [0.25, 0.3) is 0 Å². The normalized spacial score (nSPS) is 30.7. The second kappa shape index (κ2) is 6.69. The summed E-state index contributed by atoms with van der Waals surface area (Å²) in [5.74, 6) is 0. The molecule has 2 aliphatic heterocycles. The van der Waals surface area contributed by atoms with Crippen LogP contribution in [0.5, 0.6) is 0 Å². The van der Waals surface area contributed by atoms with Crippen molar-refractivity contribution >= 4 is 0 Å². The van der Waals surface area contributed by atoms with Crippen LogP contribution in [0.3, 0.4) is 0 Å². The van der Waals surface area contributed by atoms with Crippen molar-refractivity contribution in [3.8, 4) is 0 Å². The maximum absolute atomic E-state index is 5.56. The van der Waals surface area contributed by atoms with Crippen LogP contribution in [0.4, 0.5) is 0 Å². The zero-order chi connectivity index (χ0) is 12.1. The van der Waals surface area contributed by atoms with E-state index in [1.165, 1.54) is 32.5 Å². The smallest absolute Gasteiger partial charge is 0.0700 e. The van der Waals surface area contributed by atoms with E-state index in [0.29, 0.717) is 19.3 Å². The molecule has 2 aliphatic rings. The molecule has 0 aliphatic carbocycles. The third kappa shape index (κ3) is 3.65. The molecule has 4 nitrogen and oxygen atoms in total. The predicted octanol–water partition coefficient (Wildman–Crippen LogP) is 0.818. The lowest BCUT2D eigenvalue weighted by molar-refractivity contribution is 0.0186. The van der Waals surface area contributed by atoms with Gasteiger partial charge in [-0.05, 0) is 26.3 Å². The molecule has 2 heterocycles. The topological polar surface area (TPSA) is 24.9 Å². The van der Waals surface area contributed by atoms with Crippen LogP contribution in [-0.4, -0.2) is 75.0 Å². The van der Waals surface area contributed by atoms with E-state index in [-0.39, 0.29) is 0 Å². The summed E-state index contributed by atoms with van der Waals surface area (Å²) < 4.78 is 10.5. The van der Waals surface area contributed by atoms with Crippen LogP contribution in [-0.2, 0) is 9.47 Å². The number of methoxy groups -OCH3 is 1. The fourth-order valence-electron chi connectivity index (χ4n) is 2.99. The first-order valence-electron chi connectivity index (χ1n) is 6.86. The number of ether oxygens (including phenoxy) is 2. The molecule has 0 N–H and O–H groups in total. The van der Waals surface area contributed by atoms with Gasteiger partial charge in [0.15, 0.2) is 0 Å². The summed E-state index contributed by atoms with van der Waals surface area (Å²) in [5, 5.41) is 0. The van der Waals surface area contributed by atoms with Crippen LogP contribution in [0.1, 0.15) is 19.8 Å². The second-order valence-corrected chi connectivity index (χ2v) is 5.24. The predicted molar refractivity (Wildman–Crippen MR) is 68.3 cm³/mol. The molecule has 0 spiro atoms. The zero-order valence-electron chi connectivity index (χ0n) is 11.2. The summed E-state index contributed by atoms with van der Waals surface area (Å²) in [5.41, 5.74) is 0. The zero-order valence-corrected chi connectivity index (χ0v) is 11.2. The van der Waals surface area contributed by atoms with Crippen molar-refractivity contribution in [1.82, 2.24) is 9.80 Å². The van der Waals surface area contributed by atoms with Crippen LogP contribution in [0.25, 0.3) is 0 Å². The van der Waals surface area contributed by atoms with Gasteiger partial charge < -0.3 is 9.47 Å². The minimum Gasteiger partial charge on any atom is -0.382 e. The van der Waals surface area contributed by atoms with Gasteiger partial charge in [0.05, 0.1) is 19.8 Å². The van der Waals surface area contributed by atoms with E-state index in [4.69, 9.17) is 9.47 Å². The van der Waals surface area contributed by atoms with E-state index in [1.54, 1.807) is 7.11 Å². The van der Waals surface area contributed by atoms with Crippen molar-refractivity contribution in [2.24, 2.45) is 0 Å². The molecule has 2 unspecified atom stereocenters. The van der Waals surface area contributed by atoms with Crippen LogP contribution >= 0.6 is 0 Å². The molecule has 0 saturated carbocycles. The third-order valence-corrected chi connectivity index (χ3v) is 4.02. The summed E-state index contributed by atoms with van der Waals surface area (Å²) in [6.45, 7) is 9.43. The van der Waals surface area contributed by atoms with Gasteiger partial charge in [-0.2, -0.15) is 0 Å². The third-order valence-electron chi connectivity index (χ3n) is 4.02. The molecule has 17 heavy (non-hydrogen) atoms. The Balaban J connectivity index is 1.66. The molecule has 0 aromatic rings. The Morgan fingerprint density at radius 2 is 2.06 bits per heavy atom. The van der Waals surface area contributed by atoms with Crippen molar-refractivity contribution in [2.75, 3.05) is 53.1 Å². The maximum atomic E-state index is 5.56. The first-order chi connectivity index (χ1) is 8.31. The Bertz CT molecular complexity index is 225. The van der Waals surface area contributed by atoms with Gasteiger partial charge in [-0.3, -0.25) is 9.80 Å². The summed E-state index contributed by atoms with van der Waals surface area (Å²) in [4.78, 5) is 5.24. The number of fused-ring (bicyclic) bond motifs is 1. The van der Waals surface area contributed by atoms with Gasteiger partial charge >= 0.3 is 0 Å². The summed E-state index contributed by atoms with van der Waals surface area (Å²) in [6, 6.07) is 1.49. The highest BCUT2D eigenvalue weighted by molar-refractivity contribution is 4.90. The van der Waals surface area contributed by atoms with Gasteiger partial charge in [-0.15, -0.1) is 0 Å². The Morgan fingerprint density at radius 3 is 2.88 bits per heavy atom. The number of hydrogen-bond acceptors (Lipinski definition) is 4. The van der Waals surface area contributed by atoms with Crippen molar-refractivity contribution in [3.63, 3.8) is 0 Å². The summed E-state index contributed by atoms with van der Waals surface area (Å²) in [6.07, 6.45) is 2.77. The van der Waals surface area contributed by atoms with E-state index in [0.717, 1.165) is 19.2 Å². The highest BCUT2D eigenvalue weighted by Gasteiger charge is 2.33. The van der Waals surface area contributed by atoms with Gasteiger partial charge in [0.2, 0.25) is 0 Å². The molecule has 2 rings (SSSR count). The van der Waals surface area contributed by atoms with E-state index < -0.39 is 0 Å². The highest BCUT2D eigenvalue weighted by Crippen LogP contribution is 2.24. The van der Waals surface area contributed by atoms with Crippen LogP contribution < -0.4 is 0 Å². The summed E-state index contributed by atoms with van der Waals surface area (Å²) >= 11 is 0. The standard InChI is InChI=1S/C13H26N2O2/c1-12-10-15-5-3-4-13(15)11-14(12)6-7-17-9-8-16-2/h12-13H,3-11H2,1-2H3. The Morgan fingerprint density at radius 1 is 1.18 bits per heavy atom. The molecule has 0 amide bonds. The Kier molecular flexibility index (Phi) is 5.22. The molecule has 0 radical (unpaired) electrons. The Hall–Kier alpha value is -0.160. The molecular formula is C13H26N2O2. The minimum absolute atomic E-state index is 0.676. The molecule has 2 fully saturated rings. The van der Waals surface area contributed by atoms with Gasteiger partial charge in [0, 0.05) is 38.8 Å². The lowest BCUT2D eigenvalue weighted by Crippen LogP contribution is -2.55.